The summed E-state index contributed by atoms with van der Waals surface area (Å²) in [6.45, 7) is 4.79. The van der Waals surface area contributed by atoms with E-state index in [1.165, 1.54) is 0 Å². The summed E-state index contributed by atoms with van der Waals surface area (Å²) in [6, 6.07) is 0. The average molecular weight is 280 g/mol. The number of rotatable bonds is 4. The molecule has 0 aromatic rings. The molecular formula is C13H23F3N2O. The third-order valence-electron chi connectivity index (χ3n) is 3.85. The summed E-state index contributed by atoms with van der Waals surface area (Å²) in [5.41, 5.74) is 5.38. The molecule has 1 aliphatic rings. The van der Waals surface area contributed by atoms with Crippen LogP contribution >= 0.6 is 0 Å². The van der Waals surface area contributed by atoms with Crippen molar-refractivity contribution in [3.8, 4) is 0 Å². The van der Waals surface area contributed by atoms with Crippen molar-refractivity contribution in [1.82, 2.24) is 5.32 Å². The lowest BCUT2D eigenvalue weighted by Crippen LogP contribution is -2.42. The summed E-state index contributed by atoms with van der Waals surface area (Å²) in [5, 5.41) is 2.80. The first-order valence-electron chi connectivity index (χ1n) is 6.70. The minimum Gasteiger partial charge on any atom is -0.355 e. The molecule has 0 aromatic heterocycles. The second kappa shape index (κ2) is 6.11. The van der Waals surface area contributed by atoms with Gasteiger partial charge in [0.1, 0.15) is 0 Å². The Morgan fingerprint density at radius 3 is 2.16 bits per heavy atom. The number of nitrogens with two attached hydrogens (primary N) is 1. The molecule has 1 aliphatic carbocycles. The Hall–Kier alpha value is -0.780. The van der Waals surface area contributed by atoms with Gasteiger partial charge in [-0.15, -0.1) is 0 Å². The first kappa shape index (κ1) is 16.3. The molecule has 1 amide bonds. The SMILES string of the molecule is CC(C)(CN)CNC(=O)C1CCC(C(F)(F)F)CC1. The van der Waals surface area contributed by atoms with E-state index in [9.17, 15) is 18.0 Å². The van der Waals surface area contributed by atoms with Crippen LogP contribution in [0.5, 0.6) is 0 Å². The number of hydrogen-bond donors (Lipinski definition) is 2. The lowest BCUT2D eigenvalue weighted by Gasteiger charge is -2.30. The predicted molar refractivity (Wildman–Crippen MR) is 67.3 cm³/mol. The Labute approximate surface area is 112 Å². The normalized spacial score (nSPS) is 25.2. The zero-order chi connectivity index (χ0) is 14.7. The lowest BCUT2D eigenvalue weighted by molar-refractivity contribution is -0.184. The van der Waals surface area contributed by atoms with E-state index in [0.29, 0.717) is 25.9 Å². The molecule has 3 N–H and O–H groups in total. The van der Waals surface area contributed by atoms with Crippen LogP contribution < -0.4 is 11.1 Å². The highest BCUT2D eigenvalue weighted by Crippen LogP contribution is 2.39. The highest BCUT2D eigenvalue weighted by molar-refractivity contribution is 5.78. The Morgan fingerprint density at radius 2 is 1.74 bits per heavy atom. The number of nitrogens with one attached hydrogen (secondary N) is 1. The monoisotopic (exact) mass is 280 g/mol. The quantitative estimate of drug-likeness (QED) is 0.831. The van der Waals surface area contributed by atoms with Gasteiger partial charge in [0.25, 0.3) is 0 Å². The van der Waals surface area contributed by atoms with Gasteiger partial charge in [-0.3, -0.25) is 4.79 Å². The zero-order valence-electron chi connectivity index (χ0n) is 11.5. The van der Waals surface area contributed by atoms with Gasteiger partial charge in [0, 0.05) is 12.5 Å². The van der Waals surface area contributed by atoms with E-state index in [0.717, 1.165) is 0 Å². The fourth-order valence-corrected chi connectivity index (χ4v) is 2.23. The van der Waals surface area contributed by atoms with Gasteiger partial charge >= 0.3 is 6.18 Å². The molecule has 0 spiro atoms. The molecule has 112 valence electrons. The van der Waals surface area contributed by atoms with E-state index in [1.54, 1.807) is 0 Å². The molecular weight excluding hydrogens is 257 g/mol. The zero-order valence-corrected chi connectivity index (χ0v) is 11.5. The number of carbonyl (C=O) groups is 1. The minimum absolute atomic E-state index is 0.0574. The van der Waals surface area contributed by atoms with Crippen LogP contribution in [-0.2, 0) is 4.79 Å². The molecule has 6 heteroatoms. The molecule has 3 nitrogen and oxygen atoms in total. The smallest absolute Gasteiger partial charge is 0.355 e. The van der Waals surface area contributed by atoms with Gasteiger partial charge in [0.2, 0.25) is 5.91 Å². The Balaban J connectivity index is 2.37. The lowest BCUT2D eigenvalue weighted by atomic mass is 9.81. The Bertz CT molecular complexity index is 308. The molecule has 0 unspecified atom stereocenters. The van der Waals surface area contributed by atoms with Crippen molar-refractivity contribution >= 4 is 5.91 Å². The molecule has 0 radical (unpaired) electrons. The fourth-order valence-electron chi connectivity index (χ4n) is 2.23. The topological polar surface area (TPSA) is 55.1 Å². The number of alkyl halides is 3. The first-order valence-corrected chi connectivity index (χ1v) is 6.70. The highest BCUT2D eigenvalue weighted by atomic mass is 19.4. The van der Waals surface area contributed by atoms with Crippen molar-refractivity contribution in [3.05, 3.63) is 0 Å². The molecule has 0 aliphatic heterocycles. The number of hydrogen-bond acceptors (Lipinski definition) is 2. The van der Waals surface area contributed by atoms with E-state index >= 15 is 0 Å². The van der Waals surface area contributed by atoms with Gasteiger partial charge in [-0.2, -0.15) is 13.2 Å². The third-order valence-corrected chi connectivity index (χ3v) is 3.85. The number of amides is 1. The molecule has 1 fully saturated rings. The van der Waals surface area contributed by atoms with Crippen molar-refractivity contribution in [3.63, 3.8) is 0 Å². The first-order chi connectivity index (χ1) is 8.65. The van der Waals surface area contributed by atoms with Crippen molar-refractivity contribution in [2.75, 3.05) is 13.1 Å². The highest BCUT2D eigenvalue weighted by Gasteiger charge is 2.42. The van der Waals surface area contributed by atoms with Crippen LogP contribution in [0, 0.1) is 17.3 Å². The van der Waals surface area contributed by atoms with E-state index in [4.69, 9.17) is 5.73 Å². The molecule has 0 bridgehead atoms. The van der Waals surface area contributed by atoms with E-state index in [1.807, 2.05) is 13.8 Å². The maximum atomic E-state index is 12.5. The van der Waals surface area contributed by atoms with Crippen molar-refractivity contribution in [2.45, 2.75) is 45.7 Å². The summed E-state index contributed by atoms with van der Waals surface area (Å²) in [6.07, 6.45) is -3.37. The van der Waals surface area contributed by atoms with Crippen molar-refractivity contribution < 1.29 is 18.0 Å². The molecule has 0 saturated heterocycles. The summed E-state index contributed by atoms with van der Waals surface area (Å²) < 4.78 is 37.5. The van der Waals surface area contributed by atoms with Gasteiger partial charge in [-0.25, -0.2) is 0 Å². The summed E-state index contributed by atoms with van der Waals surface area (Å²) >= 11 is 0. The summed E-state index contributed by atoms with van der Waals surface area (Å²) in [4.78, 5) is 11.9. The Morgan fingerprint density at radius 1 is 1.21 bits per heavy atom. The summed E-state index contributed by atoms with van der Waals surface area (Å²) in [7, 11) is 0. The maximum absolute atomic E-state index is 12.5. The van der Waals surface area contributed by atoms with Gasteiger partial charge in [-0.05, 0) is 37.6 Å². The van der Waals surface area contributed by atoms with E-state index in [-0.39, 0.29) is 30.1 Å². The van der Waals surface area contributed by atoms with Crippen LogP contribution in [0.15, 0.2) is 0 Å². The van der Waals surface area contributed by atoms with Gasteiger partial charge in [0.05, 0.1) is 5.92 Å². The average Bonchev–Trinajstić information content (AvgIpc) is 2.35. The fraction of sp³-hybridized carbons (Fsp3) is 0.923. The number of carbonyl (C=O) groups excluding carboxylic acids is 1. The van der Waals surface area contributed by atoms with E-state index < -0.39 is 12.1 Å². The van der Waals surface area contributed by atoms with Crippen LogP contribution in [0.4, 0.5) is 13.2 Å². The second-order valence-electron chi connectivity index (χ2n) is 6.18. The number of halogens is 3. The summed E-state index contributed by atoms with van der Waals surface area (Å²) in [5.74, 6) is -1.66. The van der Waals surface area contributed by atoms with Crippen LogP contribution in [0.3, 0.4) is 0 Å². The van der Waals surface area contributed by atoms with Gasteiger partial charge in [-0.1, -0.05) is 13.8 Å². The van der Waals surface area contributed by atoms with E-state index in [2.05, 4.69) is 5.32 Å². The standard InChI is InChI=1S/C13H23F3N2O/c1-12(2,7-17)8-18-11(19)9-3-5-10(6-4-9)13(14,15)16/h9-10H,3-8,17H2,1-2H3,(H,18,19). The van der Waals surface area contributed by atoms with Crippen LogP contribution in [-0.4, -0.2) is 25.2 Å². The molecule has 19 heavy (non-hydrogen) atoms. The molecule has 0 aromatic carbocycles. The molecule has 0 heterocycles. The molecule has 0 atom stereocenters. The van der Waals surface area contributed by atoms with Gasteiger partial charge in [0.15, 0.2) is 0 Å². The maximum Gasteiger partial charge on any atom is 0.391 e. The van der Waals surface area contributed by atoms with Crippen molar-refractivity contribution in [2.24, 2.45) is 23.0 Å². The van der Waals surface area contributed by atoms with Crippen LogP contribution in [0.2, 0.25) is 0 Å². The van der Waals surface area contributed by atoms with Crippen LogP contribution in [0.25, 0.3) is 0 Å². The van der Waals surface area contributed by atoms with Crippen LogP contribution in [0.1, 0.15) is 39.5 Å². The third kappa shape index (κ3) is 5.01. The largest absolute Gasteiger partial charge is 0.391 e. The second-order valence-corrected chi connectivity index (χ2v) is 6.18. The van der Waals surface area contributed by atoms with Gasteiger partial charge < -0.3 is 11.1 Å². The minimum atomic E-state index is -4.12. The molecule has 1 saturated carbocycles. The molecule has 1 rings (SSSR count). The predicted octanol–water partition coefficient (Wildman–Crippen LogP) is 2.46. The Kier molecular flexibility index (Phi) is 5.24. The van der Waals surface area contributed by atoms with Crippen molar-refractivity contribution in [1.29, 1.82) is 0 Å².